The van der Waals surface area contributed by atoms with Gasteiger partial charge in [-0.1, -0.05) is 43.2 Å². The van der Waals surface area contributed by atoms with Gasteiger partial charge in [-0.2, -0.15) is 0 Å². The fourth-order valence-corrected chi connectivity index (χ4v) is 3.03. The third kappa shape index (κ3) is 2.46. The maximum absolute atomic E-state index is 5.91. The molecule has 0 radical (unpaired) electrons. The smallest absolute Gasteiger partial charge is 0.00108 e. The largest absolute Gasteiger partial charge is 0.328 e. The first kappa shape index (κ1) is 11.7. The summed E-state index contributed by atoms with van der Waals surface area (Å²) in [6.45, 7) is 2.12. The lowest BCUT2D eigenvalue weighted by molar-refractivity contribution is 0.379. The second kappa shape index (κ2) is 5.01. The highest BCUT2D eigenvalue weighted by atomic mass is 14.6. The molecule has 1 fully saturated rings. The molecule has 0 saturated heterocycles. The molecule has 0 heterocycles. The standard InChI is InChI=1S/C15H23N/c1-13(16)9-12-15(10-5-6-11-15)14-7-3-2-4-8-14/h2-4,7-8,13H,5-6,9-12,16H2,1H3/t13-/m1/s1. The molecule has 1 nitrogen and oxygen atoms in total. The van der Waals surface area contributed by atoms with Crippen LogP contribution in [0.5, 0.6) is 0 Å². The molecule has 0 unspecified atom stereocenters. The second-order valence-corrected chi connectivity index (χ2v) is 5.37. The maximum Gasteiger partial charge on any atom is 0.00108 e. The van der Waals surface area contributed by atoms with E-state index in [4.69, 9.17) is 5.73 Å². The second-order valence-electron chi connectivity index (χ2n) is 5.37. The van der Waals surface area contributed by atoms with E-state index < -0.39 is 0 Å². The van der Waals surface area contributed by atoms with Gasteiger partial charge in [-0.05, 0) is 43.6 Å². The lowest BCUT2D eigenvalue weighted by atomic mass is 9.75. The van der Waals surface area contributed by atoms with Crippen LogP contribution in [0, 0.1) is 0 Å². The Morgan fingerprint density at radius 1 is 1.19 bits per heavy atom. The first-order chi connectivity index (χ1) is 7.73. The van der Waals surface area contributed by atoms with Gasteiger partial charge in [-0.25, -0.2) is 0 Å². The molecular formula is C15H23N. The lowest BCUT2D eigenvalue weighted by Gasteiger charge is -2.30. The summed E-state index contributed by atoms with van der Waals surface area (Å²) < 4.78 is 0. The molecule has 1 saturated carbocycles. The van der Waals surface area contributed by atoms with Crippen LogP contribution in [0.25, 0.3) is 0 Å². The van der Waals surface area contributed by atoms with Gasteiger partial charge in [0.25, 0.3) is 0 Å². The normalized spacial score (nSPS) is 20.9. The van der Waals surface area contributed by atoms with Gasteiger partial charge in [0, 0.05) is 6.04 Å². The molecule has 1 aromatic rings. The van der Waals surface area contributed by atoms with Crippen LogP contribution < -0.4 is 5.73 Å². The minimum atomic E-state index is 0.334. The summed E-state index contributed by atoms with van der Waals surface area (Å²) in [5.74, 6) is 0. The molecular weight excluding hydrogens is 194 g/mol. The van der Waals surface area contributed by atoms with Gasteiger partial charge in [0.05, 0.1) is 0 Å². The molecule has 2 N–H and O–H groups in total. The van der Waals surface area contributed by atoms with Gasteiger partial charge in [0.1, 0.15) is 0 Å². The van der Waals surface area contributed by atoms with Gasteiger partial charge in [-0.3, -0.25) is 0 Å². The number of benzene rings is 1. The first-order valence-electron chi connectivity index (χ1n) is 6.54. The minimum absolute atomic E-state index is 0.334. The molecule has 0 spiro atoms. The van der Waals surface area contributed by atoms with Crippen molar-refractivity contribution in [1.29, 1.82) is 0 Å². The third-order valence-electron chi connectivity index (χ3n) is 4.03. The molecule has 16 heavy (non-hydrogen) atoms. The van der Waals surface area contributed by atoms with Crippen molar-refractivity contribution in [3.8, 4) is 0 Å². The Labute approximate surface area is 99.0 Å². The maximum atomic E-state index is 5.91. The molecule has 1 aliphatic rings. The van der Waals surface area contributed by atoms with Crippen LogP contribution in [0.3, 0.4) is 0 Å². The minimum Gasteiger partial charge on any atom is -0.328 e. The van der Waals surface area contributed by atoms with Crippen LogP contribution in [0.4, 0.5) is 0 Å². The molecule has 0 aliphatic heterocycles. The lowest BCUT2D eigenvalue weighted by Crippen LogP contribution is -2.26. The molecule has 1 aliphatic carbocycles. The monoisotopic (exact) mass is 217 g/mol. The highest BCUT2D eigenvalue weighted by Crippen LogP contribution is 2.44. The van der Waals surface area contributed by atoms with E-state index in [0.717, 1.165) is 6.42 Å². The Hall–Kier alpha value is -0.820. The summed E-state index contributed by atoms with van der Waals surface area (Å²) in [5.41, 5.74) is 7.88. The van der Waals surface area contributed by atoms with Gasteiger partial charge in [0.2, 0.25) is 0 Å². The zero-order chi connectivity index (χ0) is 11.4. The average molecular weight is 217 g/mol. The van der Waals surface area contributed by atoms with Crippen molar-refractivity contribution < 1.29 is 0 Å². The van der Waals surface area contributed by atoms with E-state index in [9.17, 15) is 0 Å². The fourth-order valence-electron chi connectivity index (χ4n) is 3.03. The molecule has 1 aromatic carbocycles. The van der Waals surface area contributed by atoms with Crippen molar-refractivity contribution in [3.05, 3.63) is 35.9 Å². The number of hydrogen-bond acceptors (Lipinski definition) is 1. The summed E-state index contributed by atoms with van der Waals surface area (Å²) >= 11 is 0. The van der Waals surface area contributed by atoms with E-state index in [-0.39, 0.29) is 0 Å². The van der Waals surface area contributed by atoms with Crippen molar-refractivity contribution >= 4 is 0 Å². The van der Waals surface area contributed by atoms with Gasteiger partial charge < -0.3 is 5.73 Å². The van der Waals surface area contributed by atoms with Crippen LogP contribution >= 0.6 is 0 Å². The van der Waals surface area contributed by atoms with Crippen molar-refractivity contribution in [3.63, 3.8) is 0 Å². The predicted molar refractivity (Wildman–Crippen MR) is 69.5 cm³/mol. The zero-order valence-corrected chi connectivity index (χ0v) is 10.3. The predicted octanol–water partition coefficient (Wildman–Crippen LogP) is 3.63. The summed E-state index contributed by atoms with van der Waals surface area (Å²) in [6.07, 6.45) is 7.87. The summed E-state index contributed by atoms with van der Waals surface area (Å²) in [4.78, 5) is 0. The Bertz CT molecular complexity index is 309. The summed E-state index contributed by atoms with van der Waals surface area (Å²) in [5, 5.41) is 0. The van der Waals surface area contributed by atoms with Crippen LogP contribution in [-0.2, 0) is 5.41 Å². The first-order valence-corrected chi connectivity index (χ1v) is 6.54. The van der Waals surface area contributed by atoms with E-state index in [1.165, 1.54) is 37.7 Å². The Kier molecular flexibility index (Phi) is 3.65. The highest BCUT2D eigenvalue weighted by molar-refractivity contribution is 5.26. The van der Waals surface area contributed by atoms with Crippen LogP contribution in [0.15, 0.2) is 30.3 Å². The van der Waals surface area contributed by atoms with E-state index >= 15 is 0 Å². The molecule has 88 valence electrons. The van der Waals surface area contributed by atoms with E-state index in [0.29, 0.717) is 11.5 Å². The van der Waals surface area contributed by atoms with Gasteiger partial charge in [0.15, 0.2) is 0 Å². The molecule has 1 heteroatoms. The SMILES string of the molecule is C[C@@H](N)CCC1(c2ccccc2)CCCC1. The number of nitrogens with two attached hydrogens (primary N) is 1. The Morgan fingerprint density at radius 3 is 2.38 bits per heavy atom. The summed E-state index contributed by atoms with van der Waals surface area (Å²) in [7, 11) is 0. The zero-order valence-electron chi connectivity index (χ0n) is 10.3. The van der Waals surface area contributed by atoms with E-state index in [1.54, 1.807) is 0 Å². The topological polar surface area (TPSA) is 26.0 Å². The Balaban J connectivity index is 2.16. The van der Waals surface area contributed by atoms with Crippen LogP contribution in [-0.4, -0.2) is 6.04 Å². The molecule has 2 rings (SSSR count). The van der Waals surface area contributed by atoms with Gasteiger partial charge in [-0.15, -0.1) is 0 Å². The quantitative estimate of drug-likeness (QED) is 0.819. The number of rotatable bonds is 4. The molecule has 1 atom stereocenters. The van der Waals surface area contributed by atoms with Crippen molar-refractivity contribution in [1.82, 2.24) is 0 Å². The van der Waals surface area contributed by atoms with Crippen LogP contribution in [0.2, 0.25) is 0 Å². The molecule has 0 aromatic heterocycles. The van der Waals surface area contributed by atoms with E-state index in [1.807, 2.05) is 0 Å². The van der Waals surface area contributed by atoms with Crippen molar-refractivity contribution in [2.75, 3.05) is 0 Å². The van der Waals surface area contributed by atoms with Crippen molar-refractivity contribution in [2.24, 2.45) is 5.73 Å². The molecule has 0 bridgehead atoms. The summed E-state index contributed by atoms with van der Waals surface area (Å²) in [6, 6.07) is 11.4. The van der Waals surface area contributed by atoms with E-state index in [2.05, 4.69) is 37.3 Å². The third-order valence-corrected chi connectivity index (χ3v) is 4.03. The Morgan fingerprint density at radius 2 is 1.81 bits per heavy atom. The fraction of sp³-hybridized carbons (Fsp3) is 0.600. The number of hydrogen-bond donors (Lipinski definition) is 1. The van der Waals surface area contributed by atoms with Crippen molar-refractivity contribution in [2.45, 2.75) is 56.9 Å². The molecule has 0 amide bonds. The highest BCUT2D eigenvalue weighted by Gasteiger charge is 2.34. The average Bonchev–Trinajstić information content (AvgIpc) is 2.78. The van der Waals surface area contributed by atoms with Crippen LogP contribution in [0.1, 0.15) is 51.0 Å². The van der Waals surface area contributed by atoms with Gasteiger partial charge >= 0.3 is 0 Å².